The second-order valence-corrected chi connectivity index (χ2v) is 7.02. The van der Waals surface area contributed by atoms with Crippen molar-refractivity contribution in [3.63, 3.8) is 0 Å². The number of rotatable bonds is 5. The van der Waals surface area contributed by atoms with Gasteiger partial charge in [0.05, 0.1) is 11.9 Å². The number of ether oxygens (including phenoxy) is 1. The zero-order valence-electron chi connectivity index (χ0n) is 11.5. The van der Waals surface area contributed by atoms with Gasteiger partial charge < -0.3 is 4.74 Å². The van der Waals surface area contributed by atoms with Gasteiger partial charge in [0.1, 0.15) is 5.82 Å². The third-order valence-corrected chi connectivity index (χ3v) is 5.64. The molecule has 4 nitrogen and oxygen atoms in total. The molecular formula is C14H20FNO3S. The smallest absolute Gasteiger partial charge is 0.214 e. The molecule has 1 N–H and O–H groups in total. The SMILES string of the molecule is CCNS(=O)(=O)[C@H]1CCOC[C@H]1Cc1cccc(F)c1. The molecule has 1 aliphatic rings. The van der Waals surface area contributed by atoms with Gasteiger partial charge >= 0.3 is 0 Å². The Balaban J connectivity index is 2.15. The van der Waals surface area contributed by atoms with Crippen LogP contribution < -0.4 is 4.72 Å². The largest absolute Gasteiger partial charge is 0.381 e. The topological polar surface area (TPSA) is 55.4 Å². The second kappa shape index (κ2) is 6.65. The van der Waals surface area contributed by atoms with Gasteiger partial charge in [0.15, 0.2) is 0 Å². The summed E-state index contributed by atoms with van der Waals surface area (Å²) in [7, 11) is -3.34. The molecule has 0 saturated carbocycles. The lowest BCUT2D eigenvalue weighted by molar-refractivity contribution is 0.0570. The van der Waals surface area contributed by atoms with E-state index in [1.54, 1.807) is 13.0 Å². The van der Waals surface area contributed by atoms with Gasteiger partial charge in [-0.15, -0.1) is 0 Å². The molecule has 2 atom stereocenters. The molecule has 2 rings (SSSR count). The van der Waals surface area contributed by atoms with E-state index in [-0.39, 0.29) is 11.7 Å². The molecule has 1 fully saturated rings. The van der Waals surface area contributed by atoms with Crippen molar-refractivity contribution in [2.75, 3.05) is 19.8 Å². The fourth-order valence-corrected chi connectivity index (χ4v) is 4.36. The molecule has 1 aliphatic heterocycles. The molecular weight excluding hydrogens is 281 g/mol. The minimum Gasteiger partial charge on any atom is -0.381 e. The van der Waals surface area contributed by atoms with E-state index in [0.29, 0.717) is 32.6 Å². The monoisotopic (exact) mass is 301 g/mol. The first-order chi connectivity index (χ1) is 9.53. The molecule has 112 valence electrons. The van der Waals surface area contributed by atoms with E-state index >= 15 is 0 Å². The van der Waals surface area contributed by atoms with E-state index in [1.807, 2.05) is 6.07 Å². The normalized spacial score (nSPS) is 23.7. The minimum atomic E-state index is -3.34. The Morgan fingerprint density at radius 1 is 1.45 bits per heavy atom. The first-order valence-corrected chi connectivity index (χ1v) is 8.38. The van der Waals surface area contributed by atoms with Crippen LogP contribution in [0.3, 0.4) is 0 Å². The summed E-state index contributed by atoms with van der Waals surface area (Å²) in [5.41, 5.74) is 0.803. The number of sulfonamides is 1. The fourth-order valence-electron chi connectivity index (χ4n) is 2.65. The maximum atomic E-state index is 13.2. The lowest BCUT2D eigenvalue weighted by Gasteiger charge is -2.31. The highest BCUT2D eigenvalue weighted by atomic mass is 32.2. The van der Waals surface area contributed by atoms with Crippen LogP contribution >= 0.6 is 0 Å². The molecule has 1 heterocycles. The molecule has 0 aliphatic carbocycles. The van der Waals surface area contributed by atoms with Gasteiger partial charge in [-0.3, -0.25) is 0 Å². The number of halogens is 1. The predicted octanol–water partition coefficient (Wildman–Crippen LogP) is 1.71. The van der Waals surface area contributed by atoms with Crippen molar-refractivity contribution in [2.24, 2.45) is 5.92 Å². The van der Waals surface area contributed by atoms with E-state index in [0.717, 1.165) is 5.56 Å². The summed E-state index contributed by atoms with van der Waals surface area (Å²) in [6, 6.07) is 6.29. The van der Waals surface area contributed by atoms with Crippen LogP contribution in [0, 0.1) is 11.7 Å². The van der Waals surface area contributed by atoms with E-state index in [4.69, 9.17) is 4.74 Å². The van der Waals surface area contributed by atoms with Crippen LogP contribution in [-0.4, -0.2) is 33.4 Å². The van der Waals surface area contributed by atoms with E-state index < -0.39 is 15.3 Å². The average molecular weight is 301 g/mol. The molecule has 0 bridgehead atoms. The van der Waals surface area contributed by atoms with Gasteiger partial charge in [-0.1, -0.05) is 19.1 Å². The first kappa shape index (κ1) is 15.4. The minimum absolute atomic E-state index is 0.144. The van der Waals surface area contributed by atoms with Crippen LogP contribution in [0.15, 0.2) is 24.3 Å². The van der Waals surface area contributed by atoms with E-state index in [9.17, 15) is 12.8 Å². The van der Waals surface area contributed by atoms with Crippen molar-refractivity contribution in [1.82, 2.24) is 4.72 Å². The Labute approximate surface area is 119 Å². The molecule has 20 heavy (non-hydrogen) atoms. The molecule has 0 amide bonds. The van der Waals surface area contributed by atoms with Crippen molar-refractivity contribution in [2.45, 2.75) is 25.0 Å². The van der Waals surface area contributed by atoms with Gasteiger partial charge in [-0.2, -0.15) is 0 Å². The number of hydrogen-bond donors (Lipinski definition) is 1. The van der Waals surface area contributed by atoms with E-state index in [1.165, 1.54) is 12.1 Å². The lowest BCUT2D eigenvalue weighted by atomic mass is 9.93. The predicted molar refractivity (Wildman–Crippen MR) is 75.4 cm³/mol. The maximum absolute atomic E-state index is 13.2. The second-order valence-electron chi connectivity index (χ2n) is 5.04. The highest BCUT2D eigenvalue weighted by Crippen LogP contribution is 2.25. The maximum Gasteiger partial charge on any atom is 0.214 e. The lowest BCUT2D eigenvalue weighted by Crippen LogP contribution is -2.44. The van der Waals surface area contributed by atoms with Crippen LogP contribution in [-0.2, 0) is 21.2 Å². The van der Waals surface area contributed by atoms with Crippen molar-refractivity contribution in [3.05, 3.63) is 35.6 Å². The zero-order valence-corrected chi connectivity index (χ0v) is 12.3. The fraction of sp³-hybridized carbons (Fsp3) is 0.571. The Hall–Kier alpha value is -0.980. The van der Waals surface area contributed by atoms with Crippen molar-refractivity contribution < 1.29 is 17.5 Å². The van der Waals surface area contributed by atoms with Crippen LogP contribution in [0.4, 0.5) is 4.39 Å². The Morgan fingerprint density at radius 2 is 2.25 bits per heavy atom. The summed E-state index contributed by atoms with van der Waals surface area (Å²) < 4.78 is 45.6. The molecule has 0 radical (unpaired) electrons. The molecule has 6 heteroatoms. The standard InChI is InChI=1S/C14H20FNO3S/c1-2-16-20(17,18)14-6-7-19-10-12(14)8-11-4-3-5-13(15)9-11/h3-5,9,12,14,16H,2,6-8,10H2,1H3/t12-,14+/m1/s1. The van der Waals surface area contributed by atoms with Crippen molar-refractivity contribution in [1.29, 1.82) is 0 Å². The Kier molecular flexibility index (Phi) is 5.12. The number of nitrogens with one attached hydrogen (secondary N) is 1. The summed E-state index contributed by atoms with van der Waals surface area (Å²) in [6.07, 6.45) is 0.988. The first-order valence-electron chi connectivity index (χ1n) is 6.83. The molecule has 0 unspecified atom stereocenters. The third kappa shape index (κ3) is 3.77. The summed E-state index contributed by atoms with van der Waals surface area (Å²) in [5.74, 6) is -0.445. The van der Waals surface area contributed by atoms with Crippen LogP contribution in [0.25, 0.3) is 0 Å². The molecule has 1 saturated heterocycles. The highest BCUT2D eigenvalue weighted by Gasteiger charge is 2.35. The highest BCUT2D eigenvalue weighted by molar-refractivity contribution is 7.90. The van der Waals surface area contributed by atoms with Crippen molar-refractivity contribution >= 4 is 10.0 Å². The number of benzene rings is 1. The van der Waals surface area contributed by atoms with Crippen LogP contribution in [0.5, 0.6) is 0 Å². The zero-order chi connectivity index (χ0) is 14.6. The summed E-state index contributed by atoms with van der Waals surface area (Å²) in [5, 5.41) is -0.473. The van der Waals surface area contributed by atoms with Gasteiger partial charge in [0, 0.05) is 19.1 Å². The van der Waals surface area contributed by atoms with E-state index in [2.05, 4.69) is 4.72 Å². The summed E-state index contributed by atoms with van der Waals surface area (Å²) in [6.45, 7) is 2.99. The van der Waals surface area contributed by atoms with Gasteiger partial charge in [0.2, 0.25) is 10.0 Å². The molecule has 1 aromatic carbocycles. The molecule has 0 spiro atoms. The van der Waals surface area contributed by atoms with Crippen LogP contribution in [0.1, 0.15) is 18.9 Å². The van der Waals surface area contributed by atoms with Gasteiger partial charge in [0.25, 0.3) is 0 Å². The third-order valence-electron chi connectivity index (χ3n) is 3.54. The van der Waals surface area contributed by atoms with Gasteiger partial charge in [-0.05, 0) is 30.5 Å². The van der Waals surface area contributed by atoms with Crippen molar-refractivity contribution in [3.8, 4) is 0 Å². The van der Waals surface area contributed by atoms with Crippen LogP contribution in [0.2, 0.25) is 0 Å². The number of hydrogen-bond acceptors (Lipinski definition) is 3. The average Bonchev–Trinajstić information content (AvgIpc) is 2.39. The van der Waals surface area contributed by atoms with Gasteiger partial charge in [-0.25, -0.2) is 17.5 Å². The Bertz CT molecular complexity index is 547. The summed E-state index contributed by atoms with van der Waals surface area (Å²) in [4.78, 5) is 0. The quantitative estimate of drug-likeness (QED) is 0.901. The Morgan fingerprint density at radius 3 is 2.95 bits per heavy atom. The molecule has 1 aromatic rings. The summed E-state index contributed by atoms with van der Waals surface area (Å²) >= 11 is 0. The molecule has 0 aromatic heterocycles.